The molecule has 5 unspecified atom stereocenters. The van der Waals surface area contributed by atoms with Crippen molar-refractivity contribution in [1.29, 1.82) is 0 Å². The van der Waals surface area contributed by atoms with Crippen LogP contribution in [0.3, 0.4) is 0 Å². The molecule has 1 amide bonds. The summed E-state index contributed by atoms with van der Waals surface area (Å²) in [5, 5.41) is -0.135. The average Bonchev–Trinajstić information content (AvgIpc) is 2.53. The Morgan fingerprint density at radius 1 is 0.962 bits per heavy atom. The van der Waals surface area contributed by atoms with E-state index in [4.69, 9.17) is 0 Å². The third-order valence-electron chi connectivity index (χ3n) is 5.28. The van der Waals surface area contributed by atoms with Gasteiger partial charge in [-0.05, 0) is 38.5 Å². The molecule has 0 saturated heterocycles. The van der Waals surface area contributed by atoms with E-state index in [0.29, 0.717) is 12.8 Å². The van der Waals surface area contributed by atoms with Gasteiger partial charge in [0.05, 0.1) is 10.5 Å². The zero-order valence-electron chi connectivity index (χ0n) is 14.4. The largest absolute Gasteiger partial charge is 0.353 e. The Hall–Kier alpha value is -0.560. The van der Waals surface area contributed by atoms with Crippen LogP contribution in [0.5, 0.6) is 0 Å². The Balaban J connectivity index is 2.08. The normalized spacial score (nSPS) is 34.8. The van der Waals surface area contributed by atoms with Gasteiger partial charge >= 0.3 is 0 Å². The molecule has 2 aliphatic rings. The first-order valence-electron chi connectivity index (χ1n) is 8.43. The number of carbonyl (C=O) groups is 1. The molecule has 0 aliphatic heterocycles. The highest BCUT2D eigenvalue weighted by atomic mass is 32.2. The summed E-state index contributed by atoms with van der Waals surface area (Å²) in [4.78, 5) is 12.5. The van der Waals surface area contributed by atoms with E-state index in [1.807, 2.05) is 0 Å². The van der Waals surface area contributed by atoms with Gasteiger partial charge < -0.3 is 5.32 Å². The maximum absolute atomic E-state index is 12.5. The molecule has 152 valence electrons. The zero-order chi connectivity index (χ0) is 19.7. The predicted octanol–water partition coefficient (Wildman–Crippen LogP) is 0.105. The van der Waals surface area contributed by atoms with E-state index >= 15 is 0 Å². The quantitative estimate of drug-likeness (QED) is 0.518. The smallest absolute Gasteiger partial charge is 0.267 e. The zero-order valence-corrected chi connectivity index (χ0v) is 16.9. The Bertz CT molecular complexity index is 723. The standard InChI is InChI=1S/C14H25NO8S3/c1-24(17)11-4-2-3-9(5-11)14(16)15-10-6-12(25(18,19)20)8-13(7-10)26(21,22)23/h9-13H,2-8H2,1H3,(H,15,16)(H,18,19,20)(H,21,22,23). The molecule has 5 atom stereocenters. The second-order valence-electron chi connectivity index (χ2n) is 7.17. The van der Waals surface area contributed by atoms with E-state index < -0.39 is 54.0 Å². The number of amides is 1. The fourth-order valence-corrected chi connectivity index (χ4v) is 6.85. The SMILES string of the molecule is CS(=O)C1CCCC(C(=O)NC2CC(S(=O)(=O)O)CC(S(=O)(=O)O)C2)C1. The molecular formula is C14H25NO8S3. The fraction of sp³-hybridized carbons (Fsp3) is 0.929. The van der Waals surface area contributed by atoms with Gasteiger partial charge in [0.1, 0.15) is 0 Å². The Morgan fingerprint density at radius 3 is 1.96 bits per heavy atom. The maximum Gasteiger partial charge on any atom is 0.267 e. The third-order valence-corrected chi connectivity index (χ3v) is 9.10. The summed E-state index contributed by atoms with van der Waals surface area (Å²) in [7, 11) is -10.0. The van der Waals surface area contributed by atoms with Gasteiger partial charge in [0.25, 0.3) is 20.2 Å². The molecule has 0 radical (unpaired) electrons. The van der Waals surface area contributed by atoms with Crippen LogP contribution in [-0.2, 0) is 35.8 Å². The first kappa shape index (κ1) is 21.7. The predicted molar refractivity (Wildman–Crippen MR) is 96.3 cm³/mol. The molecule has 0 heterocycles. The van der Waals surface area contributed by atoms with Crippen LogP contribution in [0.4, 0.5) is 0 Å². The van der Waals surface area contributed by atoms with Crippen LogP contribution in [0, 0.1) is 5.92 Å². The highest BCUT2D eigenvalue weighted by molar-refractivity contribution is 7.87. The lowest BCUT2D eigenvalue weighted by Crippen LogP contribution is -2.49. The van der Waals surface area contributed by atoms with E-state index in [9.17, 15) is 34.9 Å². The van der Waals surface area contributed by atoms with Crippen LogP contribution in [-0.4, -0.2) is 64.1 Å². The summed E-state index contributed by atoms with van der Waals surface area (Å²) < 4.78 is 76.0. The minimum Gasteiger partial charge on any atom is -0.353 e. The van der Waals surface area contributed by atoms with Gasteiger partial charge in [-0.15, -0.1) is 0 Å². The number of hydrogen-bond acceptors (Lipinski definition) is 6. The average molecular weight is 432 g/mol. The Morgan fingerprint density at radius 2 is 1.50 bits per heavy atom. The molecule has 9 nitrogen and oxygen atoms in total. The lowest BCUT2D eigenvalue weighted by molar-refractivity contribution is -0.126. The Kier molecular flexibility index (Phi) is 6.86. The summed E-state index contributed by atoms with van der Waals surface area (Å²) in [5.41, 5.74) is 0. The molecule has 0 spiro atoms. The summed E-state index contributed by atoms with van der Waals surface area (Å²) >= 11 is 0. The van der Waals surface area contributed by atoms with Gasteiger partial charge in [0.2, 0.25) is 5.91 Å². The van der Waals surface area contributed by atoms with Crippen molar-refractivity contribution in [2.45, 2.75) is 66.7 Å². The van der Waals surface area contributed by atoms with Gasteiger partial charge in [-0.25, -0.2) is 0 Å². The van der Waals surface area contributed by atoms with Crippen molar-refractivity contribution in [1.82, 2.24) is 5.32 Å². The third kappa shape index (κ3) is 5.72. The summed E-state index contributed by atoms with van der Waals surface area (Å²) in [6, 6.07) is -0.789. The van der Waals surface area contributed by atoms with Crippen LogP contribution in [0.25, 0.3) is 0 Å². The van der Waals surface area contributed by atoms with Crippen molar-refractivity contribution in [3.63, 3.8) is 0 Å². The van der Waals surface area contributed by atoms with Crippen LogP contribution in [0.2, 0.25) is 0 Å². The van der Waals surface area contributed by atoms with Crippen molar-refractivity contribution in [2.24, 2.45) is 5.92 Å². The van der Waals surface area contributed by atoms with E-state index in [-0.39, 0.29) is 29.9 Å². The number of nitrogens with one attached hydrogen (secondary N) is 1. The molecular weight excluding hydrogens is 406 g/mol. The van der Waals surface area contributed by atoms with Gasteiger partial charge in [-0.2, -0.15) is 16.8 Å². The van der Waals surface area contributed by atoms with Crippen molar-refractivity contribution in [3.8, 4) is 0 Å². The van der Waals surface area contributed by atoms with E-state index in [1.165, 1.54) is 0 Å². The van der Waals surface area contributed by atoms with Gasteiger partial charge in [-0.3, -0.25) is 18.1 Å². The molecule has 12 heteroatoms. The molecule has 2 rings (SSSR count). The number of carbonyl (C=O) groups excluding carboxylic acids is 1. The minimum atomic E-state index is -4.50. The van der Waals surface area contributed by atoms with Crippen molar-refractivity contribution >= 4 is 36.9 Å². The summed E-state index contributed by atoms with van der Waals surface area (Å²) in [6.07, 6.45) is 3.57. The van der Waals surface area contributed by atoms with Gasteiger partial charge in [0, 0.05) is 34.3 Å². The van der Waals surface area contributed by atoms with Crippen LogP contribution >= 0.6 is 0 Å². The molecule has 26 heavy (non-hydrogen) atoms. The second-order valence-corrected chi connectivity index (χ2v) is 12.2. The molecule has 3 N–H and O–H groups in total. The molecule has 0 aromatic heterocycles. The Labute approximate surface area is 156 Å². The number of rotatable bonds is 5. The topological polar surface area (TPSA) is 155 Å². The molecule has 0 aromatic carbocycles. The highest BCUT2D eigenvalue weighted by Gasteiger charge is 2.41. The first-order chi connectivity index (χ1) is 11.9. The first-order valence-corrected chi connectivity index (χ1v) is 13.1. The van der Waals surface area contributed by atoms with Gasteiger partial charge in [-0.1, -0.05) is 6.42 Å². The lowest BCUT2D eigenvalue weighted by atomic mass is 9.87. The summed E-state index contributed by atoms with van der Waals surface area (Å²) in [5.74, 6) is -0.705. The summed E-state index contributed by atoms with van der Waals surface area (Å²) in [6.45, 7) is 0. The molecule has 0 bridgehead atoms. The van der Waals surface area contributed by atoms with Crippen LogP contribution in [0.15, 0.2) is 0 Å². The fourth-order valence-electron chi connectivity index (χ4n) is 3.82. The highest BCUT2D eigenvalue weighted by Crippen LogP contribution is 2.30. The maximum atomic E-state index is 12.5. The molecule has 2 aliphatic carbocycles. The number of hydrogen-bond donors (Lipinski definition) is 3. The van der Waals surface area contributed by atoms with E-state index in [1.54, 1.807) is 6.26 Å². The lowest BCUT2D eigenvalue weighted by Gasteiger charge is -2.34. The van der Waals surface area contributed by atoms with Crippen molar-refractivity contribution in [3.05, 3.63) is 0 Å². The molecule has 0 aromatic rings. The molecule has 2 saturated carbocycles. The second kappa shape index (κ2) is 8.21. The van der Waals surface area contributed by atoms with Crippen molar-refractivity contribution in [2.75, 3.05) is 6.26 Å². The van der Waals surface area contributed by atoms with Crippen LogP contribution < -0.4 is 5.32 Å². The van der Waals surface area contributed by atoms with Crippen LogP contribution in [0.1, 0.15) is 44.9 Å². The monoisotopic (exact) mass is 431 g/mol. The van der Waals surface area contributed by atoms with E-state index in [2.05, 4.69) is 5.32 Å². The molecule has 2 fully saturated rings. The minimum absolute atomic E-state index is 0.0676. The van der Waals surface area contributed by atoms with Gasteiger partial charge in [0.15, 0.2) is 0 Å². The van der Waals surface area contributed by atoms with E-state index in [0.717, 1.165) is 12.8 Å². The van der Waals surface area contributed by atoms with Crippen molar-refractivity contribution < 1.29 is 34.9 Å².